The predicted molar refractivity (Wildman–Crippen MR) is 111 cm³/mol. The second-order valence-electron chi connectivity index (χ2n) is 7.22. The number of hydrogen-bond donors (Lipinski definition) is 1. The quantitative estimate of drug-likeness (QED) is 0.633. The lowest BCUT2D eigenvalue weighted by Gasteiger charge is -2.19. The lowest BCUT2D eigenvalue weighted by molar-refractivity contribution is -0.158. The van der Waals surface area contributed by atoms with Crippen LogP contribution in [0.5, 0.6) is 5.75 Å². The van der Waals surface area contributed by atoms with E-state index >= 15 is 0 Å². The molecule has 0 heterocycles. The Labute approximate surface area is 176 Å². The van der Waals surface area contributed by atoms with E-state index in [0.717, 1.165) is 0 Å². The number of hydrogen-bond acceptors (Lipinski definition) is 7. The van der Waals surface area contributed by atoms with Crippen LogP contribution in [-0.2, 0) is 24.3 Å². The normalized spacial score (nSPS) is 11.5. The smallest absolute Gasteiger partial charge is 0.344 e. The number of ether oxygens (including phenoxy) is 3. The first-order chi connectivity index (χ1) is 14.0. The number of carbonyl (C=O) groups is 2. The second-order valence-corrected chi connectivity index (χ2v) is 8.90. The highest BCUT2D eigenvalue weighted by molar-refractivity contribution is 7.92. The number of rotatable bonds is 8. The van der Waals surface area contributed by atoms with Gasteiger partial charge >= 0.3 is 11.9 Å². The summed E-state index contributed by atoms with van der Waals surface area (Å²) in [5.41, 5.74) is -0.717. The maximum Gasteiger partial charge on any atom is 0.344 e. The third-order valence-electron chi connectivity index (χ3n) is 3.58. The summed E-state index contributed by atoms with van der Waals surface area (Å²) < 4.78 is 43.1. The van der Waals surface area contributed by atoms with Crippen LogP contribution < -0.4 is 9.46 Å². The van der Waals surface area contributed by atoms with Crippen LogP contribution in [0.25, 0.3) is 0 Å². The molecule has 30 heavy (non-hydrogen) atoms. The Kier molecular flexibility index (Phi) is 7.44. The van der Waals surface area contributed by atoms with E-state index in [9.17, 15) is 18.0 Å². The summed E-state index contributed by atoms with van der Waals surface area (Å²) >= 11 is 0. The van der Waals surface area contributed by atoms with Crippen molar-refractivity contribution in [2.24, 2.45) is 0 Å². The Hall–Kier alpha value is -3.07. The lowest BCUT2D eigenvalue weighted by atomic mass is 10.2. The van der Waals surface area contributed by atoms with Gasteiger partial charge < -0.3 is 14.2 Å². The van der Waals surface area contributed by atoms with Crippen molar-refractivity contribution in [3.8, 4) is 5.75 Å². The van der Waals surface area contributed by atoms with Crippen LogP contribution in [0.3, 0.4) is 0 Å². The Balaban J connectivity index is 2.14. The predicted octanol–water partition coefficient (Wildman–Crippen LogP) is 3.38. The van der Waals surface area contributed by atoms with Crippen molar-refractivity contribution in [1.82, 2.24) is 0 Å². The second kappa shape index (κ2) is 9.62. The van der Waals surface area contributed by atoms with Crippen LogP contribution in [0.2, 0.25) is 0 Å². The highest BCUT2D eigenvalue weighted by Crippen LogP contribution is 2.22. The molecule has 0 aliphatic rings. The molecular formula is C21H25NO7S. The van der Waals surface area contributed by atoms with E-state index in [1.165, 1.54) is 24.3 Å². The topological polar surface area (TPSA) is 108 Å². The molecule has 0 aliphatic heterocycles. The summed E-state index contributed by atoms with van der Waals surface area (Å²) in [6, 6.07) is 11.8. The van der Waals surface area contributed by atoms with Gasteiger partial charge in [-0.2, -0.15) is 0 Å². The zero-order valence-corrected chi connectivity index (χ0v) is 18.1. The van der Waals surface area contributed by atoms with Gasteiger partial charge in [-0.05, 0) is 64.1 Å². The van der Waals surface area contributed by atoms with Crippen LogP contribution >= 0.6 is 0 Å². The van der Waals surface area contributed by atoms with Gasteiger partial charge in [0.2, 0.25) is 0 Å². The van der Waals surface area contributed by atoms with E-state index in [0.29, 0.717) is 12.4 Å². The molecule has 0 saturated carbocycles. The third-order valence-corrected chi connectivity index (χ3v) is 4.96. The molecular weight excluding hydrogens is 410 g/mol. The van der Waals surface area contributed by atoms with E-state index in [1.807, 2.05) is 6.92 Å². The summed E-state index contributed by atoms with van der Waals surface area (Å²) in [5, 5.41) is 0. The molecule has 2 aromatic carbocycles. The van der Waals surface area contributed by atoms with Gasteiger partial charge in [-0.15, -0.1) is 0 Å². The van der Waals surface area contributed by atoms with Crippen molar-refractivity contribution in [3.63, 3.8) is 0 Å². The molecule has 0 radical (unpaired) electrons. The van der Waals surface area contributed by atoms with Crippen LogP contribution in [0, 0.1) is 0 Å². The molecule has 0 fully saturated rings. The average Bonchev–Trinajstić information content (AvgIpc) is 2.65. The van der Waals surface area contributed by atoms with Gasteiger partial charge in [0.05, 0.1) is 22.8 Å². The van der Waals surface area contributed by atoms with Gasteiger partial charge in [-0.1, -0.05) is 12.1 Å². The largest absolute Gasteiger partial charge is 0.494 e. The zero-order valence-electron chi connectivity index (χ0n) is 17.3. The van der Waals surface area contributed by atoms with E-state index in [1.54, 1.807) is 45.0 Å². The van der Waals surface area contributed by atoms with Gasteiger partial charge in [0.25, 0.3) is 10.0 Å². The van der Waals surface area contributed by atoms with Crippen molar-refractivity contribution in [3.05, 3.63) is 54.1 Å². The molecule has 8 nitrogen and oxygen atoms in total. The van der Waals surface area contributed by atoms with E-state index < -0.39 is 34.2 Å². The molecule has 0 bridgehead atoms. The van der Waals surface area contributed by atoms with Crippen molar-refractivity contribution in [1.29, 1.82) is 0 Å². The van der Waals surface area contributed by atoms with Crippen molar-refractivity contribution in [2.45, 2.75) is 38.2 Å². The summed E-state index contributed by atoms with van der Waals surface area (Å²) in [5.74, 6) is -1.02. The molecule has 2 aromatic rings. The molecule has 0 saturated heterocycles. The first-order valence-electron chi connectivity index (χ1n) is 9.25. The number of nitrogens with one attached hydrogen (secondary N) is 1. The maximum atomic E-state index is 12.7. The molecule has 0 aliphatic carbocycles. The number of para-hydroxylation sites is 1. The van der Waals surface area contributed by atoms with Gasteiger partial charge in [0.15, 0.2) is 6.61 Å². The van der Waals surface area contributed by atoms with Gasteiger partial charge in [-0.3, -0.25) is 4.72 Å². The minimum absolute atomic E-state index is 0.00267. The van der Waals surface area contributed by atoms with Crippen molar-refractivity contribution in [2.75, 3.05) is 17.9 Å². The van der Waals surface area contributed by atoms with Crippen LogP contribution in [0.1, 0.15) is 38.1 Å². The number of sulfonamides is 1. The van der Waals surface area contributed by atoms with Crippen LogP contribution in [-0.4, -0.2) is 39.2 Å². The molecule has 0 amide bonds. The molecule has 0 atom stereocenters. The van der Waals surface area contributed by atoms with Crippen LogP contribution in [0.15, 0.2) is 53.4 Å². The fourth-order valence-electron chi connectivity index (χ4n) is 2.41. The van der Waals surface area contributed by atoms with E-state index in [2.05, 4.69) is 4.72 Å². The van der Waals surface area contributed by atoms with Crippen LogP contribution in [0.4, 0.5) is 5.69 Å². The summed E-state index contributed by atoms with van der Waals surface area (Å²) in [6.07, 6.45) is 0. The Bertz CT molecular complexity index is 993. The summed E-state index contributed by atoms with van der Waals surface area (Å²) in [7, 11) is -3.96. The fraction of sp³-hybridized carbons (Fsp3) is 0.333. The number of anilines is 1. The first-order valence-corrected chi connectivity index (χ1v) is 10.7. The lowest BCUT2D eigenvalue weighted by Crippen LogP contribution is -2.27. The first kappa shape index (κ1) is 23.2. The third kappa shape index (κ3) is 6.77. The highest BCUT2D eigenvalue weighted by atomic mass is 32.2. The molecule has 2 rings (SSSR count). The van der Waals surface area contributed by atoms with E-state index in [4.69, 9.17) is 14.2 Å². The van der Waals surface area contributed by atoms with Gasteiger partial charge in [-0.25, -0.2) is 18.0 Å². The standard InChI is InChI=1S/C21H25NO7S/c1-5-27-15-10-12-16(13-11-15)30(25,26)22-18-9-7-6-8-17(18)20(24)28-14-19(23)29-21(2,3)4/h6-13,22H,5,14H2,1-4H3. The Morgan fingerprint density at radius 3 is 2.23 bits per heavy atom. The number of benzene rings is 2. The number of carbonyl (C=O) groups excluding carboxylic acids is 2. The maximum absolute atomic E-state index is 12.7. The molecule has 0 unspecified atom stereocenters. The molecule has 1 N–H and O–H groups in total. The minimum Gasteiger partial charge on any atom is -0.494 e. The fourth-order valence-corrected chi connectivity index (χ4v) is 3.49. The van der Waals surface area contributed by atoms with Gasteiger partial charge in [0.1, 0.15) is 11.4 Å². The van der Waals surface area contributed by atoms with Crippen molar-refractivity contribution < 1.29 is 32.2 Å². The van der Waals surface area contributed by atoms with E-state index in [-0.39, 0.29) is 16.1 Å². The molecule has 162 valence electrons. The summed E-state index contributed by atoms with van der Waals surface area (Å²) in [6.45, 7) is 6.78. The SMILES string of the molecule is CCOc1ccc(S(=O)(=O)Nc2ccccc2C(=O)OCC(=O)OC(C)(C)C)cc1. The summed E-state index contributed by atoms with van der Waals surface area (Å²) in [4.78, 5) is 24.1. The molecule has 0 spiro atoms. The number of esters is 2. The Morgan fingerprint density at radius 1 is 1.00 bits per heavy atom. The average molecular weight is 435 g/mol. The Morgan fingerprint density at radius 2 is 1.63 bits per heavy atom. The van der Waals surface area contributed by atoms with Crippen molar-refractivity contribution >= 4 is 27.6 Å². The monoisotopic (exact) mass is 435 g/mol. The minimum atomic E-state index is -3.96. The molecule has 0 aromatic heterocycles. The van der Waals surface area contributed by atoms with Gasteiger partial charge in [0, 0.05) is 0 Å². The zero-order chi connectivity index (χ0) is 22.4. The highest BCUT2D eigenvalue weighted by Gasteiger charge is 2.22. The molecule has 9 heteroatoms.